The van der Waals surface area contributed by atoms with E-state index in [0.717, 1.165) is 34.2 Å². The predicted octanol–water partition coefficient (Wildman–Crippen LogP) is 4.68. The Morgan fingerprint density at radius 2 is 1.95 bits per heavy atom. The van der Waals surface area contributed by atoms with Crippen LogP contribution in [-0.4, -0.2) is 45.7 Å². The van der Waals surface area contributed by atoms with E-state index in [9.17, 15) is 30.8 Å². The van der Waals surface area contributed by atoms with Crippen LogP contribution in [-0.2, 0) is 27.5 Å². The van der Waals surface area contributed by atoms with Gasteiger partial charge in [-0.3, -0.25) is 9.78 Å². The van der Waals surface area contributed by atoms with Crippen molar-refractivity contribution >= 4 is 38.9 Å². The first-order valence-electron chi connectivity index (χ1n) is 11.1. The number of rotatable bonds is 7. The predicted molar refractivity (Wildman–Crippen MR) is 132 cm³/mol. The number of hydrogen-bond donors (Lipinski definition) is 1. The Hall–Kier alpha value is -2.94. The van der Waals surface area contributed by atoms with Crippen molar-refractivity contribution < 1.29 is 30.8 Å². The molecule has 1 aliphatic heterocycles. The van der Waals surface area contributed by atoms with Crippen LogP contribution in [0.15, 0.2) is 53.7 Å². The molecule has 4 rings (SSSR count). The second-order valence-corrected chi connectivity index (χ2v) is 12.2. The number of alkyl halides is 3. The Balaban J connectivity index is 1.54. The van der Waals surface area contributed by atoms with Crippen molar-refractivity contribution in [2.75, 3.05) is 0 Å². The minimum absolute atomic E-state index is 0.0135. The molecule has 3 aromatic heterocycles. The normalized spacial score (nSPS) is 20.4. The highest BCUT2D eigenvalue weighted by molar-refractivity contribution is 7.91. The minimum atomic E-state index is -4.72. The fourth-order valence-electron chi connectivity index (χ4n) is 4.15. The molecule has 0 bridgehead atoms. The van der Waals surface area contributed by atoms with Gasteiger partial charge in [0.2, 0.25) is 11.7 Å². The first-order chi connectivity index (χ1) is 17.8. The lowest BCUT2D eigenvalue weighted by atomic mass is 10.0. The van der Waals surface area contributed by atoms with Crippen LogP contribution in [0.5, 0.6) is 0 Å². The molecular formula is C23H20ClF4N5O3S2. The number of carbonyl (C=O) groups excluding carboxylic acids is 1. The van der Waals surface area contributed by atoms with Crippen molar-refractivity contribution in [3.05, 3.63) is 71.0 Å². The van der Waals surface area contributed by atoms with E-state index in [4.69, 9.17) is 11.6 Å². The highest BCUT2D eigenvalue weighted by Gasteiger charge is 2.48. The fourth-order valence-corrected chi connectivity index (χ4v) is 7.58. The molecule has 0 aliphatic carbocycles. The molecule has 1 N–H and O–H groups in total. The summed E-state index contributed by atoms with van der Waals surface area (Å²) in [6.07, 6.45) is -0.286. The van der Waals surface area contributed by atoms with Gasteiger partial charge in [0.15, 0.2) is 0 Å². The molecule has 0 radical (unpaired) electrons. The van der Waals surface area contributed by atoms with Gasteiger partial charge in [-0.25, -0.2) is 22.8 Å². The molecule has 15 heteroatoms. The molecule has 1 aliphatic rings. The van der Waals surface area contributed by atoms with Crippen molar-refractivity contribution in [3.63, 3.8) is 0 Å². The summed E-state index contributed by atoms with van der Waals surface area (Å²) in [4.78, 5) is 23.6. The smallest absolute Gasteiger partial charge is 0.351 e. The molecule has 38 heavy (non-hydrogen) atoms. The molecule has 3 aromatic rings. The third-order valence-electron chi connectivity index (χ3n) is 6.10. The van der Waals surface area contributed by atoms with Gasteiger partial charge < -0.3 is 5.32 Å². The zero-order valence-corrected chi connectivity index (χ0v) is 22.0. The number of aromatic nitrogens is 3. The van der Waals surface area contributed by atoms with Gasteiger partial charge in [-0.05, 0) is 37.5 Å². The molecular weight excluding hydrogens is 570 g/mol. The van der Waals surface area contributed by atoms with Crippen molar-refractivity contribution in [3.8, 4) is 11.3 Å². The van der Waals surface area contributed by atoms with Gasteiger partial charge in [-0.1, -0.05) is 17.7 Å². The zero-order valence-electron chi connectivity index (χ0n) is 19.6. The number of nitrogens with one attached hydrogen (secondary N) is 1. The Morgan fingerprint density at radius 3 is 2.53 bits per heavy atom. The van der Waals surface area contributed by atoms with Gasteiger partial charge >= 0.3 is 6.18 Å². The quantitative estimate of drug-likeness (QED) is 0.317. The van der Waals surface area contributed by atoms with Gasteiger partial charge in [0.25, 0.3) is 10.0 Å². The first-order valence-corrected chi connectivity index (χ1v) is 13.7. The van der Waals surface area contributed by atoms with Gasteiger partial charge in [0.1, 0.15) is 16.1 Å². The summed E-state index contributed by atoms with van der Waals surface area (Å²) in [5, 5.41) is 2.56. The monoisotopic (exact) mass is 589 g/mol. The Labute approximate surface area is 224 Å². The van der Waals surface area contributed by atoms with E-state index in [1.165, 1.54) is 18.2 Å². The zero-order chi connectivity index (χ0) is 27.8. The largest absolute Gasteiger partial charge is 0.451 e. The standard InChI is InChI=1S/C23H20ClF4N5O3S2/c1-3-13-7-18(33(12(13)2)38(35,36)20-5-4-19(24)37-20)21(34)30-8-14-6-17(29-11-16(14)25)15-9-31-22(32-10-15)23(26,27)28/h3-6,9-13,18H,1,7-8H2,2H3,(H,30,34)/t12-,13+,18-/m0/s1. The van der Waals surface area contributed by atoms with Crippen LogP contribution in [0.25, 0.3) is 11.3 Å². The highest BCUT2D eigenvalue weighted by atomic mass is 35.5. The van der Waals surface area contributed by atoms with Crippen molar-refractivity contribution in [2.24, 2.45) is 5.92 Å². The summed E-state index contributed by atoms with van der Waals surface area (Å²) in [6.45, 7) is 5.09. The van der Waals surface area contributed by atoms with Crippen molar-refractivity contribution in [2.45, 2.75) is 42.4 Å². The van der Waals surface area contributed by atoms with Crippen LogP contribution in [0.2, 0.25) is 4.34 Å². The molecule has 1 fully saturated rings. The Morgan fingerprint density at radius 1 is 1.26 bits per heavy atom. The van der Waals surface area contributed by atoms with E-state index < -0.39 is 45.8 Å². The van der Waals surface area contributed by atoms with E-state index in [1.54, 1.807) is 13.0 Å². The van der Waals surface area contributed by atoms with Crippen LogP contribution in [0, 0.1) is 11.7 Å². The van der Waals surface area contributed by atoms with Crippen LogP contribution in [0.3, 0.4) is 0 Å². The molecule has 3 atom stereocenters. The van der Waals surface area contributed by atoms with Crippen LogP contribution >= 0.6 is 22.9 Å². The van der Waals surface area contributed by atoms with Gasteiger partial charge in [0, 0.05) is 36.1 Å². The number of hydrogen-bond acceptors (Lipinski definition) is 7. The number of amides is 1. The van der Waals surface area contributed by atoms with Crippen LogP contribution < -0.4 is 5.32 Å². The van der Waals surface area contributed by atoms with Crippen LogP contribution in [0.1, 0.15) is 24.7 Å². The lowest BCUT2D eigenvalue weighted by molar-refractivity contribution is -0.145. The van der Waals surface area contributed by atoms with E-state index in [-0.39, 0.29) is 44.2 Å². The topological polar surface area (TPSA) is 105 Å². The molecule has 0 unspecified atom stereocenters. The average Bonchev–Trinajstić information content (AvgIpc) is 3.46. The molecule has 0 aromatic carbocycles. The van der Waals surface area contributed by atoms with E-state index in [2.05, 4.69) is 26.8 Å². The van der Waals surface area contributed by atoms with Crippen LogP contribution in [0.4, 0.5) is 17.6 Å². The maximum Gasteiger partial charge on any atom is 0.451 e. The fraction of sp³-hybridized carbons (Fsp3) is 0.304. The summed E-state index contributed by atoms with van der Waals surface area (Å²) >= 11 is 6.79. The summed E-state index contributed by atoms with van der Waals surface area (Å²) in [6, 6.07) is 2.40. The molecule has 1 saturated heterocycles. The van der Waals surface area contributed by atoms with E-state index >= 15 is 0 Å². The molecule has 4 heterocycles. The summed E-state index contributed by atoms with van der Waals surface area (Å²) in [5.74, 6) is -3.06. The third-order valence-corrected chi connectivity index (χ3v) is 9.79. The van der Waals surface area contributed by atoms with Gasteiger partial charge in [0.05, 0.1) is 16.2 Å². The second kappa shape index (κ2) is 10.7. The number of halogens is 5. The third kappa shape index (κ3) is 5.58. The van der Waals surface area contributed by atoms with Crippen molar-refractivity contribution in [1.29, 1.82) is 0 Å². The average molecular weight is 590 g/mol. The molecule has 0 saturated carbocycles. The number of nitrogens with zero attached hydrogens (tertiary/aromatic N) is 4. The van der Waals surface area contributed by atoms with Crippen molar-refractivity contribution in [1.82, 2.24) is 24.6 Å². The Bertz CT molecular complexity index is 1460. The number of sulfonamides is 1. The minimum Gasteiger partial charge on any atom is -0.351 e. The molecule has 0 spiro atoms. The number of thiophene rings is 1. The maximum absolute atomic E-state index is 14.5. The van der Waals surface area contributed by atoms with E-state index in [1.807, 2.05) is 0 Å². The number of pyridine rings is 1. The lowest BCUT2D eigenvalue weighted by Gasteiger charge is -2.27. The molecule has 8 nitrogen and oxygen atoms in total. The Kier molecular flexibility index (Phi) is 7.89. The van der Waals surface area contributed by atoms with Gasteiger partial charge in [-0.2, -0.15) is 17.5 Å². The SMILES string of the molecule is C=C[C@@H]1C[C@@H](C(=O)NCc2cc(-c3cnc(C(F)(F)F)nc3)ncc2F)N(S(=O)(=O)c2ccc(Cl)s2)[C@H]1C. The lowest BCUT2D eigenvalue weighted by Crippen LogP contribution is -2.48. The maximum atomic E-state index is 14.5. The molecule has 202 valence electrons. The summed E-state index contributed by atoms with van der Waals surface area (Å²) in [5.41, 5.74) is 0.175. The summed E-state index contributed by atoms with van der Waals surface area (Å²) < 4.78 is 80.8. The first kappa shape index (κ1) is 28.1. The van der Waals surface area contributed by atoms with E-state index in [0.29, 0.717) is 0 Å². The molecule has 1 amide bonds. The highest BCUT2D eigenvalue weighted by Crippen LogP contribution is 2.38. The second-order valence-electron chi connectivity index (χ2n) is 8.46. The van der Waals surface area contributed by atoms with Gasteiger partial charge in [-0.15, -0.1) is 17.9 Å². The number of carbonyl (C=O) groups is 1. The summed E-state index contributed by atoms with van der Waals surface area (Å²) in [7, 11) is -4.07.